The highest BCUT2D eigenvalue weighted by molar-refractivity contribution is 6.74. The van der Waals surface area contributed by atoms with Gasteiger partial charge in [-0.15, -0.1) is 6.58 Å². The van der Waals surface area contributed by atoms with Gasteiger partial charge in [-0.3, -0.25) is 4.79 Å². The molecule has 0 saturated heterocycles. The number of allylic oxidation sites excluding steroid dienone is 2. The molecule has 6 atom stereocenters. The number of Topliss-reactive ketones (excluding diaryl/α,β-unsaturated/α-hetero) is 1. The van der Waals surface area contributed by atoms with Gasteiger partial charge in [0.15, 0.2) is 8.32 Å². The Labute approximate surface area is 231 Å². The lowest BCUT2D eigenvalue weighted by Gasteiger charge is -2.60. The normalized spacial score (nSPS) is 37.7. The maximum Gasteiger partial charge on any atom is 0.250 e. The second-order valence-corrected chi connectivity index (χ2v) is 25.8. The molecule has 0 spiro atoms. The van der Waals surface area contributed by atoms with Crippen LogP contribution in [0.5, 0.6) is 0 Å². The van der Waals surface area contributed by atoms with Crippen LogP contribution in [0.1, 0.15) is 101 Å². The molecule has 2 fully saturated rings. The lowest BCUT2D eigenvalue weighted by atomic mass is 9.46. The summed E-state index contributed by atoms with van der Waals surface area (Å²) in [5.41, 5.74) is 0.544. The lowest BCUT2D eigenvalue weighted by Crippen LogP contribution is -2.60. The van der Waals surface area contributed by atoms with Gasteiger partial charge in [0.2, 0.25) is 8.32 Å². The largest absolute Gasteiger partial charge is 0.547 e. The number of ketones is 1. The van der Waals surface area contributed by atoms with Gasteiger partial charge in [0.25, 0.3) is 0 Å². The van der Waals surface area contributed by atoms with E-state index in [1.54, 1.807) is 0 Å². The first-order valence-electron chi connectivity index (χ1n) is 14.8. The summed E-state index contributed by atoms with van der Waals surface area (Å²) < 4.78 is 14.7. The van der Waals surface area contributed by atoms with Crippen molar-refractivity contribution in [1.82, 2.24) is 0 Å². The van der Waals surface area contributed by atoms with E-state index in [0.29, 0.717) is 18.1 Å². The Kier molecular flexibility index (Phi) is 7.67. The zero-order valence-electron chi connectivity index (χ0n) is 26.8. The van der Waals surface area contributed by atoms with Crippen molar-refractivity contribution in [3.63, 3.8) is 0 Å². The van der Waals surface area contributed by atoms with Crippen molar-refractivity contribution < 1.29 is 13.6 Å². The summed E-state index contributed by atoms with van der Waals surface area (Å²) in [6.07, 6.45) is 6.74. The molecule has 3 nitrogen and oxygen atoms in total. The molecule has 0 amide bonds. The zero-order chi connectivity index (χ0) is 28.6. The van der Waals surface area contributed by atoms with Crippen LogP contribution < -0.4 is 0 Å². The van der Waals surface area contributed by atoms with E-state index in [9.17, 15) is 4.79 Å². The molecule has 0 aromatic heterocycles. The fourth-order valence-corrected chi connectivity index (χ4v) is 9.51. The van der Waals surface area contributed by atoms with Crippen molar-refractivity contribution >= 4 is 22.4 Å². The van der Waals surface area contributed by atoms with Gasteiger partial charge >= 0.3 is 0 Å². The molecule has 0 aromatic carbocycles. The highest BCUT2D eigenvalue weighted by Crippen LogP contribution is 2.68. The standard InChI is InChI=1S/C32H58O3Si2/c1-16-30(10)21-25(35-37(14,15)29(7,8)9)31(11)22(2)17-19-32(23(3)27(30)33)20-18-24(26(31)32)34-36(12,13)28(4,5)6/h16,22-23,25H,1,17-21H2,2-15H3/t22-,23+,25-,30-,31+,32+/m1/s1. The Hall–Kier alpha value is -0.656. The Balaban J connectivity index is 2.34. The third-order valence-electron chi connectivity index (χ3n) is 12.1. The molecule has 0 heterocycles. The Morgan fingerprint density at radius 1 is 0.946 bits per heavy atom. The van der Waals surface area contributed by atoms with Crippen molar-refractivity contribution in [2.24, 2.45) is 28.1 Å². The van der Waals surface area contributed by atoms with Crippen LogP contribution in [0.4, 0.5) is 0 Å². The minimum atomic E-state index is -2.12. The summed E-state index contributed by atoms with van der Waals surface area (Å²) in [6.45, 7) is 36.8. The first kappa shape index (κ1) is 30.9. The lowest BCUT2D eigenvalue weighted by molar-refractivity contribution is -0.142. The van der Waals surface area contributed by atoms with Gasteiger partial charge in [0.1, 0.15) is 5.78 Å². The molecule has 0 aliphatic heterocycles. The van der Waals surface area contributed by atoms with Crippen molar-refractivity contribution in [2.75, 3.05) is 0 Å². The molecule has 3 aliphatic rings. The number of hydrogen-bond acceptors (Lipinski definition) is 3. The number of hydrogen-bond donors (Lipinski definition) is 0. The molecule has 2 saturated carbocycles. The SMILES string of the molecule is C=C[C@]1(C)C[C@@H](O[Si](C)(C)C(C)(C)C)[C@@]2(C)C3=C(O[Si](C)(C)C(C)(C)C)CC[C@@]3(CC[C@H]2C)[C@@H](C)C1=O. The molecule has 3 aliphatic carbocycles. The summed E-state index contributed by atoms with van der Waals surface area (Å²) in [7, 11) is -4.17. The molecule has 3 rings (SSSR count). The Morgan fingerprint density at radius 2 is 1.49 bits per heavy atom. The summed E-state index contributed by atoms with van der Waals surface area (Å²) in [5.74, 6) is 1.96. The summed E-state index contributed by atoms with van der Waals surface area (Å²) in [5, 5.41) is 0.215. The molecule has 2 bridgehead atoms. The van der Waals surface area contributed by atoms with E-state index in [1.807, 2.05) is 6.08 Å². The van der Waals surface area contributed by atoms with E-state index < -0.39 is 22.0 Å². The number of carbonyl (C=O) groups excluding carboxylic acids is 1. The van der Waals surface area contributed by atoms with Gasteiger partial charge in [0, 0.05) is 28.6 Å². The van der Waals surface area contributed by atoms with E-state index in [4.69, 9.17) is 8.85 Å². The molecule has 5 heteroatoms. The van der Waals surface area contributed by atoms with Crippen molar-refractivity contribution in [2.45, 2.75) is 144 Å². The van der Waals surface area contributed by atoms with Gasteiger partial charge in [0.05, 0.1) is 11.9 Å². The first-order chi connectivity index (χ1) is 16.5. The number of rotatable bonds is 5. The van der Waals surface area contributed by atoms with Gasteiger partial charge in [-0.1, -0.05) is 68.4 Å². The highest BCUT2D eigenvalue weighted by Gasteiger charge is 2.65. The fourth-order valence-electron chi connectivity index (χ4n) is 6.99. The average molecular weight is 547 g/mol. The first-order valence-corrected chi connectivity index (χ1v) is 20.6. The van der Waals surface area contributed by atoms with Gasteiger partial charge in [-0.25, -0.2) is 0 Å². The quantitative estimate of drug-likeness (QED) is 0.254. The molecule has 0 aromatic rings. The monoisotopic (exact) mass is 546 g/mol. The maximum atomic E-state index is 14.4. The van der Waals surface area contributed by atoms with E-state index in [-0.39, 0.29) is 32.9 Å². The minimum Gasteiger partial charge on any atom is -0.547 e. The van der Waals surface area contributed by atoms with Crippen LogP contribution in [0.15, 0.2) is 24.0 Å². The molecular weight excluding hydrogens is 489 g/mol. The van der Waals surface area contributed by atoms with Crippen LogP contribution in [-0.2, 0) is 13.6 Å². The van der Waals surface area contributed by atoms with Crippen LogP contribution in [0.2, 0.25) is 36.3 Å². The predicted molar refractivity (Wildman–Crippen MR) is 163 cm³/mol. The van der Waals surface area contributed by atoms with Gasteiger partial charge in [-0.2, -0.15) is 0 Å². The highest BCUT2D eigenvalue weighted by atomic mass is 28.4. The van der Waals surface area contributed by atoms with Crippen LogP contribution in [0, 0.1) is 28.1 Å². The molecule has 37 heavy (non-hydrogen) atoms. The van der Waals surface area contributed by atoms with E-state index in [0.717, 1.165) is 25.7 Å². The topological polar surface area (TPSA) is 35.5 Å². The molecule has 0 radical (unpaired) electrons. The third-order valence-corrected chi connectivity index (χ3v) is 21.0. The number of carbonyl (C=O) groups is 1. The Bertz CT molecular complexity index is 965. The second-order valence-electron chi connectivity index (χ2n) is 16.3. The van der Waals surface area contributed by atoms with Crippen molar-refractivity contribution in [3.05, 3.63) is 24.0 Å². The average Bonchev–Trinajstić information content (AvgIpc) is 3.12. The zero-order valence-corrected chi connectivity index (χ0v) is 28.8. The van der Waals surface area contributed by atoms with E-state index in [1.165, 1.54) is 11.3 Å². The second kappa shape index (κ2) is 9.19. The van der Waals surface area contributed by atoms with Crippen molar-refractivity contribution in [1.29, 1.82) is 0 Å². The van der Waals surface area contributed by atoms with Crippen molar-refractivity contribution in [3.8, 4) is 0 Å². The van der Waals surface area contributed by atoms with Crippen LogP contribution >= 0.6 is 0 Å². The molecule has 0 unspecified atom stereocenters. The van der Waals surface area contributed by atoms with E-state index >= 15 is 0 Å². The summed E-state index contributed by atoms with van der Waals surface area (Å²) in [4.78, 5) is 14.4. The third kappa shape index (κ3) is 4.71. The minimum absolute atomic E-state index is 0.0476. The predicted octanol–water partition coefficient (Wildman–Crippen LogP) is 9.67. The fraction of sp³-hybridized carbons (Fsp3) is 0.844. The summed E-state index contributed by atoms with van der Waals surface area (Å²) in [6, 6.07) is 0. The Morgan fingerprint density at radius 3 is 1.97 bits per heavy atom. The van der Waals surface area contributed by atoms with Crippen LogP contribution in [-0.4, -0.2) is 28.5 Å². The summed E-state index contributed by atoms with van der Waals surface area (Å²) >= 11 is 0. The smallest absolute Gasteiger partial charge is 0.250 e. The van der Waals surface area contributed by atoms with Gasteiger partial charge in [-0.05, 0) is 80.4 Å². The molecular formula is C32H58O3Si2. The van der Waals surface area contributed by atoms with Crippen LogP contribution in [0.3, 0.4) is 0 Å². The van der Waals surface area contributed by atoms with Crippen LogP contribution in [0.25, 0.3) is 0 Å². The molecule has 0 N–H and O–H groups in total. The van der Waals surface area contributed by atoms with Gasteiger partial charge < -0.3 is 8.85 Å². The molecule has 212 valence electrons. The maximum absolute atomic E-state index is 14.4. The van der Waals surface area contributed by atoms with E-state index in [2.05, 4.69) is 102 Å².